The number of aliphatic hydroxyl groups is 1. The van der Waals surface area contributed by atoms with E-state index in [4.69, 9.17) is 5.11 Å². The van der Waals surface area contributed by atoms with Crippen LogP contribution >= 0.6 is 11.7 Å². The number of amides is 2. The molecule has 2 aromatic rings. The summed E-state index contributed by atoms with van der Waals surface area (Å²) in [6.45, 7) is 4.18. The minimum atomic E-state index is -3.75. The molecule has 32 heavy (non-hydrogen) atoms. The number of carbonyl (C=O) groups is 2. The van der Waals surface area contributed by atoms with Gasteiger partial charge in [0.25, 0.3) is 0 Å². The van der Waals surface area contributed by atoms with E-state index in [-0.39, 0.29) is 54.8 Å². The summed E-state index contributed by atoms with van der Waals surface area (Å²) in [6, 6.07) is 4.20. The Balaban J connectivity index is 1.64. The van der Waals surface area contributed by atoms with Crippen molar-refractivity contribution >= 4 is 44.6 Å². The monoisotopic (exact) mass is 483 g/mol. The highest BCUT2D eigenvalue weighted by molar-refractivity contribution is 7.89. The number of aromatic nitrogens is 2. The quantitative estimate of drug-likeness (QED) is 0.477. The molecule has 0 unspecified atom stereocenters. The molecule has 3 N–H and O–H groups in total. The average Bonchev–Trinajstić information content (AvgIpc) is 3.29. The summed E-state index contributed by atoms with van der Waals surface area (Å²) in [5.74, 6) is -1.04. The number of aliphatic hydroxyl groups excluding tert-OH is 1. The van der Waals surface area contributed by atoms with E-state index in [0.29, 0.717) is 30.3 Å². The van der Waals surface area contributed by atoms with Crippen molar-refractivity contribution in [2.45, 2.75) is 44.0 Å². The van der Waals surface area contributed by atoms with Crippen LogP contribution in [0.25, 0.3) is 11.0 Å². The number of nitrogens with one attached hydrogen (secondary N) is 2. The van der Waals surface area contributed by atoms with Crippen molar-refractivity contribution in [3.8, 4) is 0 Å². The largest absolute Gasteiger partial charge is 0.395 e. The molecule has 176 valence electrons. The predicted octanol–water partition coefficient (Wildman–Crippen LogP) is 0.731. The lowest BCUT2D eigenvalue weighted by atomic mass is 9.94. The van der Waals surface area contributed by atoms with Gasteiger partial charge in [0, 0.05) is 25.6 Å². The summed E-state index contributed by atoms with van der Waals surface area (Å²) < 4.78 is 35.9. The van der Waals surface area contributed by atoms with Crippen molar-refractivity contribution in [3.05, 3.63) is 18.2 Å². The van der Waals surface area contributed by atoms with Crippen LogP contribution in [0.15, 0.2) is 23.1 Å². The first-order valence-electron chi connectivity index (χ1n) is 10.7. The Hall–Kier alpha value is -2.15. The summed E-state index contributed by atoms with van der Waals surface area (Å²) in [4.78, 5) is 25.4. The molecule has 0 radical (unpaired) electrons. The zero-order valence-corrected chi connectivity index (χ0v) is 19.8. The van der Waals surface area contributed by atoms with E-state index < -0.39 is 16.1 Å². The molecule has 10 nitrogen and oxygen atoms in total. The maximum Gasteiger partial charge on any atom is 0.245 e. The molecule has 2 heterocycles. The first kappa shape index (κ1) is 24.5. The Morgan fingerprint density at radius 3 is 2.66 bits per heavy atom. The molecule has 1 aliphatic heterocycles. The number of rotatable bonds is 9. The average molecular weight is 484 g/mol. The highest BCUT2D eigenvalue weighted by Crippen LogP contribution is 2.28. The number of carbonyl (C=O) groups excluding carboxylic acids is 2. The van der Waals surface area contributed by atoms with Crippen molar-refractivity contribution in [2.75, 3.05) is 26.2 Å². The fraction of sp³-hybridized carbons (Fsp3) is 0.600. The SMILES string of the molecule is CC[C@H](C)[C@H](NC(=O)C1CCN(S(=O)(=O)c2cccc3nsnc23)CC1)C(=O)NCCO. The predicted molar refractivity (Wildman–Crippen MR) is 120 cm³/mol. The van der Waals surface area contributed by atoms with Gasteiger partial charge in [0.05, 0.1) is 18.3 Å². The Bertz CT molecular complexity index is 1050. The van der Waals surface area contributed by atoms with Crippen molar-refractivity contribution in [1.29, 1.82) is 0 Å². The Labute approximate surface area is 191 Å². The summed E-state index contributed by atoms with van der Waals surface area (Å²) >= 11 is 0.968. The molecule has 1 aromatic heterocycles. The van der Waals surface area contributed by atoms with Gasteiger partial charge in [0.1, 0.15) is 22.0 Å². The van der Waals surface area contributed by atoms with Gasteiger partial charge in [0.15, 0.2) is 0 Å². The van der Waals surface area contributed by atoms with Gasteiger partial charge in [-0.15, -0.1) is 0 Å². The van der Waals surface area contributed by atoms with E-state index in [1.807, 2.05) is 13.8 Å². The van der Waals surface area contributed by atoms with Gasteiger partial charge >= 0.3 is 0 Å². The lowest BCUT2D eigenvalue weighted by Gasteiger charge is -2.32. The van der Waals surface area contributed by atoms with E-state index in [2.05, 4.69) is 19.4 Å². The molecule has 1 aliphatic rings. The van der Waals surface area contributed by atoms with Gasteiger partial charge in [-0.25, -0.2) is 8.42 Å². The third-order valence-electron chi connectivity index (χ3n) is 5.90. The molecule has 2 atom stereocenters. The van der Waals surface area contributed by atoms with Crippen molar-refractivity contribution in [3.63, 3.8) is 0 Å². The number of nitrogens with zero attached hydrogens (tertiary/aromatic N) is 3. The standard InChI is InChI=1S/C20H29N5O5S2/c1-3-13(2)17(20(28)21-9-12-26)22-19(27)14-7-10-25(11-8-14)32(29,30)16-6-4-5-15-18(16)24-31-23-15/h4-6,13-14,17,26H,3,7-12H2,1-2H3,(H,21,28)(H,22,27)/t13-,17-/m0/s1. The van der Waals surface area contributed by atoms with E-state index in [1.165, 1.54) is 10.4 Å². The summed E-state index contributed by atoms with van der Waals surface area (Å²) in [5, 5.41) is 14.4. The van der Waals surface area contributed by atoms with Gasteiger partial charge in [-0.1, -0.05) is 26.3 Å². The van der Waals surface area contributed by atoms with Crippen molar-refractivity contribution in [2.24, 2.45) is 11.8 Å². The fourth-order valence-corrected chi connectivity index (χ4v) is 5.97. The third kappa shape index (κ3) is 5.25. The zero-order chi connectivity index (χ0) is 23.3. The summed E-state index contributed by atoms with van der Waals surface area (Å²) in [7, 11) is -3.75. The van der Waals surface area contributed by atoms with Crippen LogP contribution in [0.3, 0.4) is 0 Å². The topological polar surface area (TPSA) is 142 Å². The van der Waals surface area contributed by atoms with Crippen LogP contribution in [0, 0.1) is 11.8 Å². The number of hydrogen-bond donors (Lipinski definition) is 3. The van der Waals surface area contributed by atoms with Crippen LogP contribution in [0.2, 0.25) is 0 Å². The molecule has 1 aromatic carbocycles. The van der Waals surface area contributed by atoms with Gasteiger partial charge in [-0.3, -0.25) is 9.59 Å². The van der Waals surface area contributed by atoms with E-state index in [1.54, 1.807) is 12.1 Å². The first-order valence-corrected chi connectivity index (χ1v) is 12.9. The zero-order valence-electron chi connectivity index (χ0n) is 18.2. The molecule has 2 amide bonds. The second-order valence-electron chi connectivity index (χ2n) is 7.95. The molecule has 1 saturated heterocycles. The fourth-order valence-electron chi connectivity index (χ4n) is 3.75. The van der Waals surface area contributed by atoms with Gasteiger partial charge in [0.2, 0.25) is 21.8 Å². The second kappa shape index (κ2) is 10.6. The molecule has 0 saturated carbocycles. The van der Waals surface area contributed by atoms with Gasteiger partial charge in [-0.05, 0) is 30.9 Å². The molecular formula is C20H29N5O5S2. The smallest absolute Gasteiger partial charge is 0.245 e. The molecule has 0 bridgehead atoms. The second-order valence-corrected chi connectivity index (χ2v) is 10.4. The molecule has 1 fully saturated rings. The van der Waals surface area contributed by atoms with Crippen LogP contribution in [0.4, 0.5) is 0 Å². The van der Waals surface area contributed by atoms with E-state index in [9.17, 15) is 18.0 Å². The Morgan fingerprint density at radius 2 is 2.00 bits per heavy atom. The third-order valence-corrected chi connectivity index (χ3v) is 8.37. The lowest BCUT2D eigenvalue weighted by Crippen LogP contribution is -2.53. The lowest BCUT2D eigenvalue weighted by molar-refractivity contribution is -0.133. The summed E-state index contributed by atoms with van der Waals surface area (Å²) in [6.07, 6.45) is 1.43. The van der Waals surface area contributed by atoms with Gasteiger partial charge in [-0.2, -0.15) is 13.1 Å². The number of sulfonamides is 1. The van der Waals surface area contributed by atoms with Crippen LogP contribution in [0.1, 0.15) is 33.1 Å². The molecule has 0 aliphatic carbocycles. The highest BCUT2D eigenvalue weighted by atomic mass is 32.2. The van der Waals surface area contributed by atoms with Crippen molar-refractivity contribution < 1.29 is 23.1 Å². The Kier molecular flexibility index (Phi) is 8.15. The van der Waals surface area contributed by atoms with Gasteiger partial charge < -0.3 is 15.7 Å². The maximum atomic E-state index is 13.2. The van der Waals surface area contributed by atoms with Crippen LogP contribution in [0.5, 0.6) is 0 Å². The van der Waals surface area contributed by atoms with E-state index >= 15 is 0 Å². The molecule has 3 rings (SSSR count). The van der Waals surface area contributed by atoms with Crippen molar-refractivity contribution in [1.82, 2.24) is 23.7 Å². The number of benzene rings is 1. The maximum absolute atomic E-state index is 13.2. The minimum Gasteiger partial charge on any atom is -0.395 e. The minimum absolute atomic E-state index is 0.0784. The molecule has 12 heteroatoms. The normalized spacial score (nSPS) is 17.7. The van der Waals surface area contributed by atoms with E-state index in [0.717, 1.165) is 11.7 Å². The number of fused-ring (bicyclic) bond motifs is 1. The van der Waals surface area contributed by atoms with Crippen LogP contribution in [-0.2, 0) is 19.6 Å². The van der Waals surface area contributed by atoms with Crippen LogP contribution < -0.4 is 10.6 Å². The Morgan fingerprint density at radius 1 is 1.28 bits per heavy atom. The summed E-state index contributed by atoms with van der Waals surface area (Å²) in [5.41, 5.74) is 0.906. The highest BCUT2D eigenvalue weighted by Gasteiger charge is 2.35. The molecule has 0 spiro atoms. The van der Waals surface area contributed by atoms with Crippen LogP contribution in [-0.4, -0.2) is 70.7 Å². The first-order chi connectivity index (χ1) is 15.3. The molecular weight excluding hydrogens is 454 g/mol. The number of piperidine rings is 1. The number of hydrogen-bond acceptors (Lipinski definition) is 8.